The van der Waals surface area contributed by atoms with Crippen molar-refractivity contribution >= 4 is 12.0 Å². The molecule has 0 fully saturated rings. The molecular formula is C10H9NO3. The number of benzene rings is 1. The standard InChI is InChI=1S/C6H6O.C4H3NO2/c7-6-4-2-1-3-5-6;1-2-4(7)5-3-6/h1-5,7H;2H,1H2. The van der Waals surface area contributed by atoms with Gasteiger partial charge in [0.05, 0.1) is 0 Å². The van der Waals surface area contributed by atoms with Gasteiger partial charge in [0.25, 0.3) is 5.91 Å². The molecule has 0 aromatic heterocycles. The van der Waals surface area contributed by atoms with E-state index in [1.54, 1.807) is 24.3 Å². The summed E-state index contributed by atoms with van der Waals surface area (Å²) in [5, 5.41) is 8.63. The van der Waals surface area contributed by atoms with Crippen molar-refractivity contribution in [1.82, 2.24) is 0 Å². The maximum absolute atomic E-state index is 9.86. The molecule has 1 rings (SSSR count). The smallest absolute Gasteiger partial charge is 0.279 e. The van der Waals surface area contributed by atoms with Crippen molar-refractivity contribution in [3.05, 3.63) is 43.0 Å². The third-order valence-electron chi connectivity index (χ3n) is 1.09. The molecule has 0 atom stereocenters. The van der Waals surface area contributed by atoms with E-state index in [-0.39, 0.29) is 0 Å². The topological polar surface area (TPSA) is 66.7 Å². The van der Waals surface area contributed by atoms with Gasteiger partial charge in [0, 0.05) is 0 Å². The summed E-state index contributed by atoms with van der Waals surface area (Å²) in [6, 6.07) is 8.71. The van der Waals surface area contributed by atoms with E-state index in [9.17, 15) is 9.59 Å². The molecule has 0 bridgehead atoms. The highest BCUT2D eigenvalue weighted by Crippen LogP contribution is 2.02. The second-order valence-electron chi connectivity index (χ2n) is 2.08. The molecule has 0 saturated carbocycles. The van der Waals surface area contributed by atoms with Crippen LogP contribution in [-0.4, -0.2) is 17.1 Å². The van der Waals surface area contributed by atoms with Gasteiger partial charge in [-0.05, 0) is 18.2 Å². The van der Waals surface area contributed by atoms with Gasteiger partial charge in [-0.25, -0.2) is 4.79 Å². The maximum Gasteiger partial charge on any atom is 0.279 e. The van der Waals surface area contributed by atoms with Crippen molar-refractivity contribution in [2.45, 2.75) is 0 Å². The van der Waals surface area contributed by atoms with Crippen LogP contribution in [0.25, 0.3) is 0 Å². The Hall–Kier alpha value is -2.19. The summed E-state index contributed by atoms with van der Waals surface area (Å²) in [7, 11) is 0. The summed E-state index contributed by atoms with van der Waals surface area (Å²) in [6.45, 7) is 3.06. The highest BCUT2D eigenvalue weighted by Gasteiger charge is 1.81. The first-order chi connectivity index (χ1) is 6.70. The lowest BCUT2D eigenvalue weighted by Crippen LogP contribution is -1.80. The number of rotatable bonds is 1. The minimum Gasteiger partial charge on any atom is -0.508 e. The summed E-state index contributed by atoms with van der Waals surface area (Å²) in [4.78, 5) is 21.8. The van der Waals surface area contributed by atoms with Gasteiger partial charge in [-0.2, -0.15) is 0 Å². The lowest BCUT2D eigenvalue weighted by Gasteiger charge is -1.82. The molecule has 0 saturated heterocycles. The van der Waals surface area contributed by atoms with Gasteiger partial charge in [-0.1, -0.05) is 24.8 Å². The van der Waals surface area contributed by atoms with Crippen LogP contribution >= 0.6 is 0 Å². The minimum absolute atomic E-state index is 0.322. The summed E-state index contributed by atoms with van der Waals surface area (Å²) in [6.07, 6.45) is 2.01. The van der Waals surface area contributed by atoms with Crippen molar-refractivity contribution in [2.24, 2.45) is 4.99 Å². The fraction of sp³-hybridized carbons (Fsp3) is 0. The van der Waals surface area contributed by atoms with Crippen LogP contribution < -0.4 is 0 Å². The normalized spacial score (nSPS) is 7.43. The average molecular weight is 191 g/mol. The number of phenolic OH excluding ortho intramolecular Hbond substituents is 1. The van der Waals surface area contributed by atoms with E-state index >= 15 is 0 Å². The number of aromatic hydroxyl groups is 1. The molecule has 0 radical (unpaired) electrons. The third-order valence-corrected chi connectivity index (χ3v) is 1.09. The Balaban J connectivity index is 0.000000241. The lowest BCUT2D eigenvalue weighted by molar-refractivity contribution is -0.113. The molecule has 1 aromatic carbocycles. The molecule has 0 unspecified atom stereocenters. The summed E-state index contributed by atoms with van der Waals surface area (Å²) in [5.41, 5.74) is 0. The Morgan fingerprint density at radius 1 is 1.43 bits per heavy atom. The number of hydrogen-bond donors (Lipinski definition) is 1. The number of para-hydroxylation sites is 1. The molecule has 14 heavy (non-hydrogen) atoms. The van der Waals surface area contributed by atoms with Crippen LogP contribution in [0.15, 0.2) is 48.0 Å². The number of amides is 1. The van der Waals surface area contributed by atoms with Crippen LogP contribution in [0.2, 0.25) is 0 Å². The fourth-order valence-electron chi connectivity index (χ4n) is 0.519. The van der Waals surface area contributed by atoms with Crippen LogP contribution in [-0.2, 0) is 9.59 Å². The molecule has 1 aromatic rings. The minimum atomic E-state index is -0.657. The Morgan fingerprint density at radius 3 is 2.21 bits per heavy atom. The SMILES string of the molecule is C=CC(=O)N=C=O.Oc1ccccc1. The quantitative estimate of drug-likeness (QED) is 0.414. The van der Waals surface area contributed by atoms with E-state index in [4.69, 9.17) is 5.11 Å². The number of carbonyl (C=O) groups is 1. The molecule has 1 amide bonds. The predicted molar refractivity (Wildman–Crippen MR) is 51.4 cm³/mol. The van der Waals surface area contributed by atoms with Crippen LogP contribution in [0.5, 0.6) is 5.75 Å². The number of aliphatic imine (C=N–C) groups is 1. The van der Waals surface area contributed by atoms with Crippen LogP contribution in [0, 0.1) is 0 Å². The first-order valence-corrected chi connectivity index (χ1v) is 3.69. The predicted octanol–water partition coefficient (Wildman–Crippen LogP) is 1.43. The highest BCUT2D eigenvalue weighted by molar-refractivity contribution is 5.90. The van der Waals surface area contributed by atoms with E-state index in [1.807, 2.05) is 6.07 Å². The third kappa shape index (κ3) is 6.52. The molecule has 4 nitrogen and oxygen atoms in total. The molecule has 72 valence electrons. The monoisotopic (exact) mass is 191 g/mol. The van der Waals surface area contributed by atoms with Gasteiger partial charge < -0.3 is 5.11 Å². The zero-order valence-corrected chi connectivity index (χ0v) is 7.38. The second kappa shape index (κ2) is 7.46. The number of phenols is 1. The highest BCUT2D eigenvalue weighted by atomic mass is 16.3. The molecular weight excluding hydrogens is 182 g/mol. The second-order valence-corrected chi connectivity index (χ2v) is 2.08. The number of isocyanates is 1. The molecule has 0 aliphatic heterocycles. The van der Waals surface area contributed by atoms with Gasteiger partial charge in [0.1, 0.15) is 5.75 Å². The van der Waals surface area contributed by atoms with Crippen LogP contribution in [0.1, 0.15) is 0 Å². The largest absolute Gasteiger partial charge is 0.508 e. The molecule has 4 heteroatoms. The summed E-state index contributed by atoms with van der Waals surface area (Å²) in [5.74, 6) is -0.336. The van der Waals surface area contributed by atoms with Crippen molar-refractivity contribution < 1.29 is 14.7 Å². The van der Waals surface area contributed by atoms with E-state index < -0.39 is 5.91 Å². The molecule has 0 spiro atoms. The number of hydrogen-bond acceptors (Lipinski definition) is 3. The van der Waals surface area contributed by atoms with Gasteiger partial charge in [-0.3, -0.25) is 4.79 Å². The Morgan fingerprint density at radius 2 is 2.00 bits per heavy atom. The maximum atomic E-state index is 9.86. The fourth-order valence-corrected chi connectivity index (χ4v) is 0.519. The number of carbonyl (C=O) groups excluding carboxylic acids is 2. The van der Waals surface area contributed by atoms with E-state index in [2.05, 4.69) is 11.6 Å². The molecule has 0 aliphatic rings. The van der Waals surface area contributed by atoms with Crippen molar-refractivity contribution in [3.8, 4) is 5.75 Å². The van der Waals surface area contributed by atoms with Crippen LogP contribution in [0.4, 0.5) is 0 Å². The Bertz CT molecular complexity index is 340. The van der Waals surface area contributed by atoms with Gasteiger partial charge in [-0.15, -0.1) is 4.99 Å². The van der Waals surface area contributed by atoms with Gasteiger partial charge >= 0.3 is 0 Å². The Labute approximate surface area is 81.2 Å². The first kappa shape index (κ1) is 11.8. The van der Waals surface area contributed by atoms with Gasteiger partial charge in [0.2, 0.25) is 6.08 Å². The zero-order valence-electron chi connectivity index (χ0n) is 7.38. The van der Waals surface area contributed by atoms with E-state index in [1.165, 1.54) is 0 Å². The number of nitrogens with zero attached hydrogens (tertiary/aromatic N) is 1. The van der Waals surface area contributed by atoms with Crippen molar-refractivity contribution in [1.29, 1.82) is 0 Å². The summed E-state index contributed by atoms with van der Waals surface area (Å²) >= 11 is 0. The van der Waals surface area contributed by atoms with Gasteiger partial charge in [0.15, 0.2) is 0 Å². The Kier molecular flexibility index (Phi) is 6.29. The van der Waals surface area contributed by atoms with E-state index in [0.29, 0.717) is 5.75 Å². The first-order valence-electron chi connectivity index (χ1n) is 3.69. The summed E-state index contributed by atoms with van der Waals surface area (Å²) < 4.78 is 0. The zero-order chi connectivity index (χ0) is 10.8. The lowest BCUT2D eigenvalue weighted by atomic mass is 10.3. The van der Waals surface area contributed by atoms with E-state index in [0.717, 1.165) is 12.2 Å². The molecule has 1 N–H and O–H groups in total. The molecule has 0 heterocycles. The van der Waals surface area contributed by atoms with Crippen molar-refractivity contribution in [3.63, 3.8) is 0 Å². The molecule has 0 aliphatic carbocycles. The van der Waals surface area contributed by atoms with Crippen molar-refractivity contribution in [2.75, 3.05) is 0 Å². The average Bonchev–Trinajstić information content (AvgIpc) is 2.20. The van der Waals surface area contributed by atoms with Crippen LogP contribution in [0.3, 0.4) is 0 Å².